The smallest absolute Gasteiger partial charge is 0.119 e. The average molecular weight is 230 g/mol. The summed E-state index contributed by atoms with van der Waals surface area (Å²) in [6.07, 6.45) is 2.58. The Morgan fingerprint density at radius 1 is 1.13 bits per heavy atom. The van der Waals surface area contributed by atoms with Crippen LogP contribution in [-0.4, -0.2) is 38.5 Å². The van der Waals surface area contributed by atoms with Crippen molar-refractivity contribution in [1.29, 1.82) is 0 Å². The molecule has 0 spiro atoms. The second-order valence-electron chi connectivity index (χ2n) is 5.25. The lowest BCUT2D eigenvalue weighted by atomic mass is 10.1. The van der Waals surface area contributed by atoms with Gasteiger partial charge in [0.25, 0.3) is 0 Å². The number of nitrogens with zero attached hydrogens (tertiary/aromatic N) is 1. The van der Waals surface area contributed by atoms with Gasteiger partial charge >= 0.3 is 0 Å². The molecule has 0 amide bonds. The third kappa shape index (κ3) is 6.33. The Hall–Kier alpha value is 0.137. The number of hydrogen-bond donors (Lipinski definition) is 1. The molecule has 2 nitrogen and oxygen atoms in total. The lowest BCUT2D eigenvalue weighted by Gasteiger charge is -2.36. The van der Waals surface area contributed by atoms with Crippen molar-refractivity contribution >= 4 is 8.24 Å². The van der Waals surface area contributed by atoms with Gasteiger partial charge in [-0.1, -0.05) is 46.8 Å². The van der Waals surface area contributed by atoms with Crippen LogP contribution in [0, 0.1) is 0 Å². The molecule has 92 valence electrons. The lowest BCUT2D eigenvalue weighted by molar-refractivity contribution is 0.353. The fourth-order valence-electron chi connectivity index (χ4n) is 2.04. The molecule has 0 rings (SSSR count). The zero-order valence-electron chi connectivity index (χ0n) is 11.6. The minimum Gasteiger partial charge on any atom is -0.323 e. The molecule has 1 unspecified atom stereocenters. The van der Waals surface area contributed by atoms with Crippen molar-refractivity contribution in [2.45, 2.75) is 59.3 Å². The van der Waals surface area contributed by atoms with Gasteiger partial charge in [0, 0.05) is 12.6 Å². The molecule has 0 aliphatic rings. The van der Waals surface area contributed by atoms with Gasteiger partial charge in [-0.05, 0) is 19.5 Å². The predicted molar refractivity (Wildman–Crippen MR) is 73.0 cm³/mol. The van der Waals surface area contributed by atoms with Gasteiger partial charge in [0.2, 0.25) is 0 Å². The minimum absolute atomic E-state index is 0.687. The summed E-state index contributed by atoms with van der Waals surface area (Å²) in [5, 5.41) is 3.60. The molecule has 0 radical (unpaired) electrons. The zero-order valence-corrected chi connectivity index (χ0v) is 12.6. The van der Waals surface area contributed by atoms with E-state index in [1.807, 2.05) is 0 Å². The summed E-state index contributed by atoms with van der Waals surface area (Å²) in [7, 11) is -1.11. The number of likely N-dealkylation sites (N-methyl/N-ethyl adjacent to an activating group) is 2. The van der Waals surface area contributed by atoms with Crippen molar-refractivity contribution < 1.29 is 0 Å². The Labute approximate surface area is 97.5 Å². The molecular formula is C12H30N2Si. The molecule has 3 heteroatoms. The van der Waals surface area contributed by atoms with Crippen LogP contribution in [0.5, 0.6) is 0 Å². The first-order valence-corrected chi connectivity index (χ1v) is 9.88. The Kier molecular flexibility index (Phi) is 7.48. The second-order valence-corrected chi connectivity index (χ2v) is 10.2. The van der Waals surface area contributed by atoms with E-state index in [1.54, 1.807) is 0 Å². The number of hydrogen-bond acceptors (Lipinski definition) is 2. The summed E-state index contributed by atoms with van der Waals surface area (Å²) in [6.45, 7) is 17.6. The van der Waals surface area contributed by atoms with Crippen molar-refractivity contribution in [3.05, 3.63) is 0 Å². The molecule has 0 saturated carbocycles. The van der Waals surface area contributed by atoms with Crippen LogP contribution in [-0.2, 0) is 0 Å². The molecule has 0 bridgehead atoms. The van der Waals surface area contributed by atoms with Gasteiger partial charge in [0.15, 0.2) is 0 Å². The first-order valence-electron chi connectivity index (χ1n) is 6.44. The van der Waals surface area contributed by atoms with Crippen LogP contribution < -0.4 is 5.32 Å². The maximum Gasteiger partial charge on any atom is 0.119 e. The van der Waals surface area contributed by atoms with Crippen molar-refractivity contribution in [2.75, 3.05) is 19.6 Å². The highest BCUT2D eigenvalue weighted by molar-refractivity contribution is 6.73. The third-order valence-electron chi connectivity index (χ3n) is 2.90. The highest BCUT2D eigenvalue weighted by Gasteiger charge is 2.24. The maximum absolute atomic E-state index is 3.60. The van der Waals surface area contributed by atoms with E-state index >= 15 is 0 Å². The van der Waals surface area contributed by atoms with Crippen molar-refractivity contribution in [3.63, 3.8) is 0 Å². The number of rotatable bonds is 8. The van der Waals surface area contributed by atoms with E-state index in [4.69, 9.17) is 0 Å². The van der Waals surface area contributed by atoms with E-state index in [1.165, 1.54) is 25.9 Å². The third-order valence-corrected chi connectivity index (χ3v) is 5.30. The molecule has 0 aromatic heterocycles. The summed E-state index contributed by atoms with van der Waals surface area (Å²) >= 11 is 0. The standard InChI is InChI=1S/C12H30N2Si/c1-7-10-12(13-8-2)11-14(9-3)15(4,5)6/h12-13H,7-11H2,1-6H3. The molecule has 0 aromatic carbocycles. The van der Waals surface area contributed by atoms with Gasteiger partial charge in [0.05, 0.1) is 0 Å². The highest BCUT2D eigenvalue weighted by atomic mass is 28.3. The normalized spacial score (nSPS) is 14.6. The quantitative estimate of drug-likeness (QED) is 0.645. The minimum atomic E-state index is -1.11. The van der Waals surface area contributed by atoms with E-state index < -0.39 is 8.24 Å². The monoisotopic (exact) mass is 230 g/mol. The molecule has 0 aliphatic heterocycles. The summed E-state index contributed by atoms with van der Waals surface area (Å²) in [5.41, 5.74) is 0. The Balaban J connectivity index is 4.21. The molecule has 0 heterocycles. The van der Waals surface area contributed by atoms with E-state index in [0.717, 1.165) is 6.54 Å². The predicted octanol–water partition coefficient (Wildman–Crippen LogP) is 2.92. The van der Waals surface area contributed by atoms with Crippen LogP contribution in [0.4, 0.5) is 0 Å². The summed E-state index contributed by atoms with van der Waals surface area (Å²) in [6, 6.07) is 0.687. The average Bonchev–Trinajstić information content (AvgIpc) is 2.12. The van der Waals surface area contributed by atoms with Crippen molar-refractivity contribution in [1.82, 2.24) is 9.88 Å². The van der Waals surface area contributed by atoms with E-state index in [9.17, 15) is 0 Å². The molecule has 1 N–H and O–H groups in total. The molecular weight excluding hydrogens is 200 g/mol. The highest BCUT2D eigenvalue weighted by Crippen LogP contribution is 2.11. The fraction of sp³-hybridized carbons (Fsp3) is 1.00. The van der Waals surface area contributed by atoms with Gasteiger partial charge in [-0.3, -0.25) is 0 Å². The van der Waals surface area contributed by atoms with Gasteiger partial charge in [-0.2, -0.15) is 0 Å². The second kappa shape index (κ2) is 7.42. The van der Waals surface area contributed by atoms with Gasteiger partial charge in [-0.15, -0.1) is 0 Å². The first kappa shape index (κ1) is 15.1. The Morgan fingerprint density at radius 2 is 1.73 bits per heavy atom. The number of nitrogens with one attached hydrogen (secondary N) is 1. The van der Waals surface area contributed by atoms with Crippen LogP contribution in [0.1, 0.15) is 33.6 Å². The molecule has 0 saturated heterocycles. The Morgan fingerprint density at radius 3 is 2.07 bits per heavy atom. The van der Waals surface area contributed by atoms with Gasteiger partial charge in [0.1, 0.15) is 8.24 Å². The van der Waals surface area contributed by atoms with Crippen LogP contribution >= 0.6 is 0 Å². The van der Waals surface area contributed by atoms with Crippen LogP contribution in [0.2, 0.25) is 19.6 Å². The van der Waals surface area contributed by atoms with Gasteiger partial charge < -0.3 is 9.88 Å². The summed E-state index contributed by atoms with van der Waals surface area (Å²) in [4.78, 5) is 0. The van der Waals surface area contributed by atoms with E-state index in [0.29, 0.717) is 6.04 Å². The van der Waals surface area contributed by atoms with Crippen molar-refractivity contribution in [3.8, 4) is 0 Å². The fourth-order valence-corrected chi connectivity index (χ4v) is 3.76. The maximum atomic E-state index is 3.60. The van der Waals surface area contributed by atoms with Crippen LogP contribution in [0.25, 0.3) is 0 Å². The molecule has 1 atom stereocenters. The molecule has 0 aromatic rings. The molecule has 0 fully saturated rings. The topological polar surface area (TPSA) is 15.3 Å². The summed E-state index contributed by atoms with van der Waals surface area (Å²) in [5.74, 6) is 0. The van der Waals surface area contributed by atoms with Crippen LogP contribution in [0.3, 0.4) is 0 Å². The first-order chi connectivity index (χ1) is 6.95. The van der Waals surface area contributed by atoms with Gasteiger partial charge in [-0.25, -0.2) is 0 Å². The molecule has 15 heavy (non-hydrogen) atoms. The molecule has 0 aliphatic carbocycles. The lowest BCUT2D eigenvalue weighted by Crippen LogP contribution is -2.52. The van der Waals surface area contributed by atoms with Crippen molar-refractivity contribution in [2.24, 2.45) is 0 Å². The summed E-state index contributed by atoms with van der Waals surface area (Å²) < 4.78 is 2.69. The largest absolute Gasteiger partial charge is 0.323 e. The van der Waals surface area contributed by atoms with E-state index in [-0.39, 0.29) is 0 Å². The van der Waals surface area contributed by atoms with E-state index in [2.05, 4.69) is 50.3 Å². The zero-order chi connectivity index (χ0) is 11.9. The van der Waals surface area contributed by atoms with Crippen LogP contribution in [0.15, 0.2) is 0 Å². The SMILES string of the molecule is CCCC(CN(CC)[Si](C)(C)C)NCC. The Bertz CT molecular complexity index is 148.